The molecule has 3 aromatic carbocycles. The molecule has 1 aromatic heterocycles. The number of hydrogen-bond acceptors (Lipinski definition) is 9. The quantitative estimate of drug-likeness (QED) is 0.130. The van der Waals surface area contributed by atoms with E-state index in [0.717, 1.165) is 4.90 Å². The van der Waals surface area contributed by atoms with Gasteiger partial charge in [0.2, 0.25) is 11.8 Å². The number of carboxylic acid groups (broad SMARTS) is 1. The van der Waals surface area contributed by atoms with Gasteiger partial charge in [0.1, 0.15) is 0 Å². The predicted molar refractivity (Wildman–Crippen MR) is 197 cm³/mol. The highest BCUT2D eigenvalue weighted by Crippen LogP contribution is 2.64. The minimum Gasteiger partial charge on any atom is -0.504 e. The van der Waals surface area contributed by atoms with E-state index in [0.29, 0.717) is 39.0 Å². The SMILES string of the molecule is COc1cc(C2C3=CCC4C(=O)N(c5cccc(C(=O)O)c5)C(=O)C4C3CC3C(=O)N(Nc4ncc(C(F)(F)F)cc4Cl)C(=O)C32c2ccc(Cl)cc2)ccc1O. The van der Waals surface area contributed by atoms with E-state index in [-0.39, 0.29) is 35.6 Å². The number of carboxylic acids is 1. The number of aromatic nitrogens is 1. The number of phenolic OH excluding ortho intramolecular Hbond substituents is 1. The molecule has 8 rings (SSSR count). The number of halogens is 5. The van der Waals surface area contributed by atoms with E-state index >= 15 is 4.79 Å². The molecular formula is C40H29Cl2F3N4O8. The summed E-state index contributed by atoms with van der Waals surface area (Å²) < 4.78 is 45.9. The molecule has 3 N–H and O–H groups in total. The smallest absolute Gasteiger partial charge is 0.417 e. The lowest BCUT2D eigenvalue weighted by molar-refractivity contribution is -0.139. The number of pyridine rings is 1. The summed E-state index contributed by atoms with van der Waals surface area (Å²) in [6.07, 6.45) is -2.57. The maximum Gasteiger partial charge on any atom is 0.417 e. The van der Waals surface area contributed by atoms with Crippen molar-refractivity contribution in [1.82, 2.24) is 9.99 Å². The molecule has 0 spiro atoms. The third-order valence-electron chi connectivity index (χ3n) is 11.4. The molecule has 2 aliphatic carbocycles. The van der Waals surface area contributed by atoms with Crippen molar-refractivity contribution in [3.05, 3.63) is 123 Å². The first-order chi connectivity index (χ1) is 27.1. The first kappa shape index (κ1) is 38.0. The molecule has 57 heavy (non-hydrogen) atoms. The van der Waals surface area contributed by atoms with Crippen molar-refractivity contribution in [3.8, 4) is 11.5 Å². The second-order valence-corrected chi connectivity index (χ2v) is 15.1. The number of rotatable bonds is 7. The molecule has 292 valence electrons. The fraction of sp³-hybridized carbons (Fsp3) is 0.250. The number of hydrogen-bond donors (Lipinski definition) is 3. The fourth-order valence-electron chi connectivity index (χ4n) is 9.06. The van der Waals surface area contributed by atoms with Crippen molar-refractivity contribution >= 4 is 64.3 Å². The van der Waals surface area contributed by atoms with Crippen LogP contribution in [0.3, 0.4) is 0 Å². The van der Waals surface area contributed by atoms with Crippen LogP contribution in [0, 0.1) is 23.7 Å². The largest absolute Gasteiger partial charge is 0.504 e. The molecule has 3 heterocycles. The standard InChI is InChI=1S/C40H29Cl2F3N4O8/c1-57-30-14-18(5-12-29(30)50)32-24-10-11-25-31(36(53)48(34(25)51)23-4-2-3-19(13-23)37(54)55)26(24)16-27-35(52)49(38(56)39(27,32)20-6-8-22(41)9-7-20)47-33-28(42)15-21(17-46-33)40(43,44)45/h2-10,12-15,17,25-27,31-32,50H,11,16H2,1H3,(H,46,47)(H,54,55). The molecule has 2 aliphatic heterocycles. The average Bonchev–Trinajstić information content (AvgIpc) is 3.56. The lowest BCUT2D eigenvalue weighted by atomic mass is 9.49. The second-order valence-electron chi connectivity index (χ2n) is 14.2. The van der Waals surface area contributed by atoms with E-state index in [1.165, 1.54) is 43.5 Å². The Balaban J connectivity index is 1.31. The Morgan fingerprint density at radius 3 is 2.37 bits per heavy atom. The van der Waals surface area contributed by atoms with Crippen LogP contribution in [-0.2, 0) is 30.8 Å². The number of allylic oxidation sites excluding steroid dienone is 2. The van der Waals surface area contributed by atoms with Crippen molar-refractivity contribution in [2.75, 3.05) is 17.4 Å². The number of hydrazine groups is 1. The zero-order valence-corrected chi connectivity index (χ0v) is 31.0. The Hall–Kier alpha value is -5.93. The van der Waals surface area contributed by atoms with Crippen LogP contribution in [0.5, 0.6) is 11.5 Å². The highest BCUT2D eigenvalue weighted by Gasteiger charge is 2.70. The van der Waals surface area contributed by atoms with E-state index in [4.69, 9.17) is 27.9 Å². The second kappa shape index (κ2) is 13.6. The van der Waals surface area contributed by atoms with Gasteiger partial charge in [-0.1, -0.05) is 59.1 Å². The number of nitrogens with zero attached hydrogens (tertiary/aromatic N) is 3. The summed E-state index contributed by atoms with van der Waals surface area (Å²) in [6, 6.07) is 16.7. The third kappa shape index (κ3) is 5.81. The Bertz CT molecular complexity index is 2440. The first-order valence-electron chi connectivity index (χ1n) is 17.5. The number of carbonyl (C=O) groups is 5. The van der Waals surface area contributed by atoms with Crippen LogP contribution < -0.4 is 15.1 Å². The Morgan fingerprint density at radius 1 is 0.965 bits per heavy atom. The topological polar surface area (TPSA) is 166 Å². The number of amides is 4. The summed E-state index contributed by atoms with van der Waals surface area (Å²) in [7, 11) is 1.33. The van der Waals surface area contributed by atoms with Crippen LogP contribution >= 0.6 is 23.2 Å². The Morgan fingerprint density at radius 2 is 1.70 bits per heavy atom. The van der Waals surface area contributed by atoms with Crippen molar-refractivity contribution < 1.29 is 52.1 Å². The molecule has 0 radical (unpaired) electrons. The van der Waals surface area contributed by atoms with Gasteiger partial charge in [-0.3, -0.25) is 29.5 Å². The minimum absolute atomic E-state index is 0.0378. The summed E-state index contributed by atoms with van der Waals surface area (Å²) in [5.41, 5.74) is 0.814. The molecule has 17 heteroatoms. The number of fused-ring (bicyclic) bond motifs is 4. The van der Waals surface area contributed by atoms with Crippen molar-refractivity contribution in [1.29, 1.82) is 0 Å². The highest BCUT2D eigenvalue weighted by atomic mass is 35.5. The maximum atomic E-state index is 15.3. The summed E-state index contributed by atoms with van der Waals surface area (Å²) in [6.45, 7) is 0. The molecule has 3 fully saturated rings. The van der Waals surface area contributed by atoms with E-state index in [1.807, 2.05) is 0 Å². The van der Waals surface area contributed by atoms with Gasteiger partial charge in [0, 0.05) is 17.1 Å². The van der Waals surface area contributed by atoms with Crippen LogP contribution in [0.25, 0.3) is 0 Å². The zero-order valence-electron chi connectivity index (χ0n) is 29.5. The van der Waals surface area contributed by atoms with Gasteiger partial charge < -0.3 is 14.9 Å². The molecule has 0 bridgehead atoms. The van der Waals surface area contributed by atoms with Gasteiger partial charge in [-0.25, -0.2) is 9.78 Å². The first-order valence-corrected chi connectivity index (χ1v) is 18.2. The molecule has 6 unspecified atom stereocenters. The Labute approximate surface area is 331 Å². The average molecular weight is 822 g/mol. The number of benzene rings is 3. The minimum atomic E-state index is -4.78. The van der Waals surface area contributed by atoms with Gasteiger partial charge in [-0.2, -0.15) is 18.2 Å². The summed E-state index contributed by atoms with van der Waals surface area (Å²) in [5, 5.41) is 20.7. The lowest BCUT2D eigenvalue weighted by Crippen LogP contribution is -2.53. The van der Waals surface area contributed by atoms with Gasteiger partial charge in [0.25, 0.3) is 11.8 Å². The third-order valence-corrected chi connectivity index (χ3v) is 12.0. The number of alkyl halides is 3. The van der Waals surface area contributed by atoms with E-state index < -0.39 is 87.2 Å². The number of ether oxygens (including phenoxy) is 1. The van der Waals surface area contributed by atoms with Crippen LogP contribution in [0.1, 0.15) is 45.8 Å². The monoisotopic (exact) mass is 820 g/mol. The normalized spacial score (nSPS) is 25.5. The molecule has 1 saturated carbocycles. The molecule has 4 amide bonds. The van der Waals surface area contributed by atoms with Gasteiger partial charge >= 0.3 is 12.1 Å². The van der Waals surface area contributed by atoms with Gasteiger partial charge in [-0.05, 0) is 78.4 Å². The number of methoxy groups -OCH3 is 1. The molecular weight excluding hydrogens is 792 g/mol. The fourth-order valence-corrected chi connectivity index (χ4v) is 9.40. The van der Waals surface area contributed by atoms with Crippen molar-refractivity contribution in [2.45, 2.75) is 30.4 Å². The van der Waals surface area contributed by atoms with Gasteiger partial charge in [0.15, 0.2) is 17.3 Å². The predicted octanol–water partition coefficient (Wildman–Crippen LogP) is 7.01. The number of aromatic hydroxyl groups is 1. The molecule has 6 atom stereocenters. The van der Waals surface area contributed by atoms with Crippen LogP contribution in [0.15, 0.2) is 90.6 Å². The number of phenols is 1. The van der Waals surface area contributed by atoms with Gasteiger partial charge in [-0.15, -0.1) is 0 Å². The summed E-state index contributed by atoms with van der Waals surface area (Å²) in [5.74, 6) is -9.75. The van der Waals surface area contributed by atoms with E-state index in [9.17, 15) is 42.6 Å². The van der Waals surface area contributed by atoms with Gasteiger partial charge in [0.05, 0.1) is 52.1 Å². The van der Waals surface area contributed by atoms with Crippen molar-refractivity contribution in [2.24, 2.45) is 23.7 Å². The number of carbonyl (C=O) groups excluding carboxylic acids is 4. The van der Waals surface area contributed by atoms with E-state index in [2.05, 4.69) is 10.4 Å². The summed E-state index contributed by atoms with van der Waals surface area (Å²) in [4.78, 5) is 75.3. The van der Waals surface area contributed by atoms with Crippen LogP contribution in [0.2, 0.25) is 10.0 Å². The highest BCUT2D eigenvalue weighted by molar-refractivity contribution is 6.33. The lowest BCUT2D eigenvalue weighted by Gasteiger charge is -2.50. The summed E-state index contributed by atoms with van der Waals surface area (Å²) >= 11 is 12.6. The molecule has 4 aliphatic rings. The number of nitrogens with one attached hydrogen (secondary N) is 1. The number of aromatic carboxylic acids is 1. The van der Waals surface area contributed by atoms with Crippen LogP contribution in [-0.4, -0.2) is 56.9 Å². The Kier molecular flexibility index (Phi) is 9.08. The number of imide groups is 2. The van der Waals surface area contributed by atoms with E-state index in [1.54, 1.807) is 36.4 Å². The molecule has 12 nitrogen and oxygen atoms in total. The molecule has 4 aromatic rings. The molecule has 2 saturated heterocycles. The van der Waals surface area contributed by atoms with Crippen LogP contribution in [0.4, 0.5) is 24.7 Å². The zero-order chi connectivity index (χ0) is 40.7. The maximum absolute atomic E-state index is 15.3. The number of anilines is 2. The van der Waals surface area contributed by atoms with Crippen molar-refractivity contribution in [3.63, 3.8) is 0 Å².